The highest BCUT2D eigenvalue weighted by molar-refractivity contribution is 5.98. The van der Waals surface area contributed by atoms with Crippen LogP contribution in [0.15, 0.2) is 30.0 Å². The predicted molar refractivity (Wildman–Crippen MR) is 90.2 cm³/mol. The molecule has 0 unspecified atom stereocenters. The van der Waals surface area contributed by atoms with Crippen LogP contribution in [0.3, 0.4) is 0 Å². The number of morpholine rings is 1. The van der Waals surface area contributed by atoms with Crippen molar-refractivity contribution in [1.82, 2.24) is 0 Å². The maximum Gasteiger partial charge on any atom is 0.416 e. The molecule has 0 spiro atoms. The number of methoxy groups -OCH3 is 2. The molecule has 0 radical (unpaired) electrons. The van der Waals surface area contributed by atoms with E-state index >= 15 is 0 Å². The number of nitrogens with zero attached hydrogens (tertiary/aromatic N) is 1. The Labute approximate surface area is 153 Å². The summed E-state index contributed by atoms with van der Waals surface area (Å²) in [6.45, 7) is 1.66. The highest BCUT2D eigenvalue weighted by atomic mass is 19.4. The molecule has 0 aromatic heterocycles. The van der Waals surface area contributed by atoms with Crippen molar-refractivity contribution < 1.29 is 37.0 Å². The first kappa shape index (κ1) is 20.6. The van der Waals surface area contributed by atoms with Gasteiger partial charge in [-0.05, 0) is 18.2 Å². The smallest absolute Gasteiger partial charge is 0.416 e. The van der Waals surface area contributed by atoms with Crippen LogP contribution < -0.4 is 10.2 Å². The molecule has 2 rings (SSSR count). The number of benzene rings is 1. The van der Waals surface area contributed by atoms with Crippen LogP contribution in [0.4, 0.5) is 24.5 Å². The van der Waals surface area contributed by atoms with Crippen LogP contribution in [0.5, 0.6) is 0 Å². The van der Waals surface area contributed by atoms with Gasteiger partial charge in [0.05, 0.1) is 39.1 Å². The molecule has 1 heterocycles. The minimum absolute atomic E-state index is 0.0214. The molecule has 7 nitrogen and oxygen atoms in total. The van der Waals surface area contributed by atoms with E-state index in [1.165, 1.54) is 6.07 Å². The fraction of sp³-hybridized carbons (Fsp3) is 0.412. The van der Waals surface area contributed by atoms with Gasteiger partial charge in [0.25, 0.3) is 0 Å². The van der Waals surface area contributed by atoms with Crippen molar-refractivity contribution in [3.05, 3.63) is 35.5 Å². The molecule has 0 atom stereocenters. The van der Waals surface area contributed by atoms with Crippen LogP contribution in [-0.4, -0.2) is 52.5 Å². The van der Waals surface area contributed by atoms with Gasteiger partial charge in [-0.3, -0.25) is 0 Å². The lowest BCUT2D eigenvalue weighted by Gasteiger charge is -2.30. The number of nitrogens with one attached hydrogen (secondary N) is 1. The van der Waals surface area contributed by atoms with E-state index in [2.05, 4.69) is 14.8 Å². The molecular weight excluding hydrogens is 369 g/mol. The first-order valence-electron chi connectivity index (χ1n) is 7.94. The van der Waals surface area contributed by atoms with E-state index in [0.29, 0.717) is 32.0 Å². The van der Waals surface area contributed by atoms with E-state index < -0.39 is 23.7 Å². The summed E-state index contributed by atoms with van der Waals surface area (Å²) in [7, 11) is 2.19. The molecule has 1 aromatic carbocycles. The number of ether oxygens (including phenoxy) is 3. The summed E-state index contributed by atoms with van der Waals surface area (Å²) in [5, 5.41) is 2.51. The normalized spacial score (nSPS) is 15.3. The third-order valence-corrected chi connectivity index (χ3v) is 3.77. The van der Waals surface area contributed by atoms with Crippen LogP contribution >= 0.6 is 0 Å². The predicted octanol–water partition coefficient (Wildman–Crippen LogP) is 2.18. The molecule has 1 aromatic rings. The Hall–Kier alpha value is -2.75. The maximum absolute atomic E-state index is 13.3. The first-order valence-corrected chi connectivity index (χ1v) is 7.94. The van der Waals surface area contributed by atoms with E-state index in [-0.39, 0.29) is 11.4 Å². The van der Waals surface area contributed by atoms with Crippen LogP contribution in [-0.2, 0) is 30.0 Å². The number of halogens is 3. The molecule has 148 valence electrons. The topological polar surface area (TPSA) is 77.1 Å². The summed E-state index contributed by atoms with van der Waals surface area (Å²) < 4.78 is 54.1. The van der Waals surface area contributed by atoms with Crippen LogP contribution in [0.25, 0.3) is 0 Å². The minimum atomic E-state index is -4.59. The summed E-state index contributed by atoms with van der Waals surface area (Å²) in [5.41, 5.74) is -0.947. The van der Waals surface area contributed by atoms with E-state index in [1.807, 2.05) is 0 Å². The number of hydrogen-bond acceptors (Lipinski definition) is 7. The van der Waals surface area contributed by atoms with E-state index in [4.69, 9.17) is 4.74 Å². The van der Waals surface area contributed by atoms with Gasteiger partial charge in [0, 0.05) is 24.5 Å². The Kier molecular flexibility index (Phi) is 6.67. The molecule has 1 N–H and O–H groups in total. The molecule has 0 amide bonds. The number of carbonyl (C=O) groups excluding carboxylic acids is 2. The lowest BCUT2D eigenvalue weighted by molar-refractivity contribution is -0.138. The molecule has 1 aliphatic rings. The molecule has 0 bridgehead atoms. The van der Waals surface area contributed by atoms with Gasteiger partial charge in [0.2, 0.25) is 0 Å². The van der Waals surface area contributed by atoms with Gasteiger partial charge in [-0.1, -0.05) is 0 Å². The Morgan fingerprint density at radius 3 is 2.37 bits per heavy atom. The zero-order valence-corrected chi connectivity index (χ0v) is 14.8. The average molecular weight is 388 g/mol. The van der Waals surface area contributed by atoms with Crippen LogP contribution in [0, 0.1) is 0 Å². The molecule has 1 saturated heterocycles. The Balaban J connectivity index is 2.42. The van der Waals surface area contributed by atoms with Crippen LogP contribution in [0.1, 0.15) is 5.56 Å². The summed E-state index contributed by atoms with van der Waals surface area (Å²) in [6.07, 6.45) is -3.78. The third kappa shape index (κ3) is 5.61. The van der Waals surface area contributed by atoms with E-state index in [0.717, 1.165) is 32.4 Å². The Morgan fingerprint density at radius 1 is 1.15 bits per heavy atom. The lowest BCUT2D eigenvalue weighted by Crippen LogP contribution is -2.36. The Morgan fingerprint density at radius 2 is 1.81 bits per heavy atom. The minimum Gasteiger partial charge on any atom is -0.466 e. The summed E-state index contributed by atoms with van der Waals surface area (Å²) in [5.74, 6) is -1.78. The number of rotatable bonds is 5. The number of anilines is 2. The van der Waals surface area contributed by atoms with Crippen molar-refractivity contribution >= 4 is 23.3 Å². The number of hydrogen-bond donors (Lipinski definition) is 1. The van der Waals surface area contributed by atoms with Crippen molar-refractivity contribution in [2.75, 3.05) is 50.7 Å². The second-order valence-corrected chi connectivity index (χ2v) is 5.56. The van der Waals surface area contributed by atoms with Crippen LogP contribution in [0.2, 0.25) is 0 Å². The third-order valence-electron chi connectivity index (χ3n) is 3.77. The zero-order chi connectivity index (χ0) is 20.0. The first-order chi connectivity index (χ1) is 12.7. The molecule has 27 heavy (non-hydrogen) atoms. The van der Waals surface area contributed by atoms with E-state index in [1.54, 1.807) is 4.90 Å². The summed E-state index contributed by atoms with van der Waals surface area (Å²) in [6, 6.07) is 3.32. The molecule has 1 fully saturated rings. The highest BCUT2D eigenvalue weighted by Gasteiger charge is 2.32. The average Bonchev–Trinajstić information content (AvgIpc) is 2.66. The molecule has 1 aliphatic heterocycles. The second-order valence-electron chi connectivity index (χ2n) is 5.56. The molecule has 0 saturated carbocycles. The monoisotopic (exact) mass is 388 g/mol. The molecule has 10 heteroatoms. The van der Waals surface area contributed by atoms with Crippen molar-refractivity contribution in [1.29, 1.82) is 0 Å². The van der Waals surface area contributed by atoms with Crippen molar-refractivity contribution in [3.63, 3.8) is 0 Å². The SMILES string of the molecule is COC(=O)/C=C(/Nc1cc(N2CCOCC2)cc(C(F)(F)F)c1)C(=O)OC. The van der Waals surface area contributed by atoms with Crippen molar-refractivity contribution in [2.24, 2.45) is 0 Å². The zero-order valence-electron chi connectivity index (χ0n) is 14.8. The van der Waals surface area contributed by atoms with E-state index in [9.17, 15) is 22.8 Å². The highest BCUT2D eigenvalue weighted by Crippen LogP contribution is 2.35. The van der Waals surface area contributed by atoms with Crippen molar-refractivity contribution in [2.45, 2.75) is 6.18 Å². The summed E-state index contributed by atoms with van der Waals surface area (Å²) in [4.78, 5) is 25.0. The van der Waals surface area contributed by atoms with Gasteiger partial charge in [0.15, 0.2) is 0 Å². The van der Waals surface area contributed by atoms with Gasteiger partial charge in [-0.2, -0.15) is 13.2 Å². The fourth-order valence-corrected chi connectivity index (χ4v) is 2.44. The molecule has 0 aliphatic carbocycles. The Bertz CT molecular complexity index is 728. The van der Waals surface area contributed by atoms with Gasteiger partial charge < -0.3 is 24.4 Å². The standard InChI is InChI=1S/C17H19F3N2O5/c1-25-15(23)10-14(16(24)26-2)21-12-7-11(17(18,19)20)8-13(9-12)22-3-5-27-6-4-22/h7-10,21H,3-6H2,1-2H3/b14-10+. The maximum atomic E-state index is 13.3. The number of esters is 2. The number of alkyl halides is 3. The molecular formula is C17H19F3N2O5. The summed E-state index contributed by atoms with van der Waals surface area (Å²) >= 11 is 0. The van der Waals surface area contributed by atoms with Gasteiger partial charge in [0.1, 0.15) is 5.70 Å². The number of carbonyl (C=O) groups is 2. The largest absolute Gasteiger partial charge is 0.466 e. The van der Waals surface area contributed by atoms with Gasteiger partial charge in [-0.15, -0.1) is 0 Å². The van der Waals surface area contributed by atoms with Crippen molar-refractivity contribution in [3.8, 4) is 0 Å². The quantitative estimate of drug-likeness (QED) is 0.612. The fourth-order valence-electron chi connectivity index (χ4n) is 2.44. The van der Waals surface area contributed by atoms with Gasteiger partial charge >= 0.3 is 18.1 Å². The lowest BCUT2D eigenvalue weighted by atomic mass is 10.1. The van der Waals surface area contributed by atoms with Gasteiger partial charge in [-0.25, -0.2) is 9.59 Å². The second kappa shape index (κ2) is 8.76.